The van der Waals surface area contributed by atoms with Crippen molar-refractivity contribution in [3.8, 4) is 0 Å². The van der Waals surface area contributed by atoms with Crippen LogP contribution in [0.25, 0.3) is 0 Å². The first kappa shape index (κ1) is 11.9. The standard InChI is InChI=1S/C13H13BrN2O/c1-9-12(14)6-7-13(17)16(9)8-10-2-4-11(15)5-3-10/h2-7H,8,15H2,1H3. The molecule has 2 N–H and O–H groups in total. The normalized spacial score (nSPS) is 10.5. The molecule has 0 saturated carbocycles. The number of hydrogen-bond acceptors (Lipinski definition) is 2. The summed E-state index contributed by atoms with van der Waals surface area (Å²) in [6.07, 6.45) is 0. The van der Waals surface area contributed by atoms with Gasteiger partial charge < -0.3 is 10.3 Å². The molecule has 0 aliphatic carbocycles. The van der Waals surface area contributed by atoms with Crippen LogP contribution in [0.15, 0.2) is 45.7 Å². The number of halogens is 1. The SMILES string of the molecule is Cc1c(Br)ccc(=O)n1Cc1ccc(N)cc1. The minimum Gasteiger partial charge on any atom is -0.399 e. The van der Waals surface area contributed by atoms with E-state index in [4.69, 9.17) is 5.73 Å². The van der Waals surface area contributed by atoms with Gasteiger partial charge in [0.05, 0.1) is 6.54 Å². The number of nitrogens with two attached hydrogens (primary N) is 1. The van der Waals surface area contributed by atoms with Crippen molar-refractivity contribution in [3.05, 3.63) is 62.5 Å². The van der Waals surface area contributed by atoms with E-state index < -0.39 is 0 Å². The summed E-state index contributed by atoms with van der Waals surface area (Å²) >= 11 is 3.43. The molecule has 1 aromatic heterocycles. The molecular formula is C13H13BrN2O. The van der Waals surface area contributed by atoms with Crippen LogP contribution in [0.4, 0.5) is 5.69 Å². The number of aromatic nitrogens is 1. The second-order valence-corrected chi connectivity index (χ2v) is 4.79. The summed E-state index contributed by atoms with van der Waals surface area (Å²) in [6.45, 7) is 2.48. The van der Waals surface area contributed by atoms with E-state index in [9.17, 15) is 4.79 Å². The first-order valence-corrected chi connectivity index (χ1v) is 6.07. The molecule has 2 aromatic rings. The summed E-state index contributed by atoms with van der Waals surface area (Å²) < 4.78 is 2.67. The van der Waals surface area contributed by atoms with Crippen molar-refractivity contribution in [3.63, 3.8) is 0 Å². The molecule has 0 aliphatic rings. The molecule has 0 amide bonds. The topological polar surface area (TPSA) is 48.0 Å². The highest BCUT2D eigenvalue weighted by Crippen LogP contribution is 2.14. The predicted molar refractivity (Wildman–Crippen MR) is 73.1 cm³/mol. The van der Waals surface area contributed by atoms with Crippen LogP contribution < -0.4 is 11.3 Å². The zero-order valence-electron chi connectivity index (χ0n) is 9.48. The molecular weight excluding hydrogens is 280 g/mol. The summed E-state index contributed by atoms with van der Waals surface area (Å²) in [5.74, 6) is 0. The minimum absolute atomic E-state index is 0.00234. The number of pyridine rings is 1. The summed E-state index contributed by atoms with van der Waals surface area (Å²) in [5.41, 5.74) is 8.34. The van der Waals surface area contributed by atoms with Crippen molar-refractivity contribution in [2.75, 3.05) is 5.73 Å². The maximum absolute atomic E-state index is 11.8. The van der Waals surface area contributed by atoms with Gasteiger partial charge in [0.25, 0.3) is 5.56 Å². The molecule has 0 atom stereocenters. The Kier molecular flexibility index (Phi) is 3.33. The number of benzene rings is 1. The molecule has 3 nitrogen and oxygen atoms in total. The van der Waals surface area contributed by atoms with Gasteiger partial charge in [-0.3, -0.25) is 4.79 Å². The van der Waals surface area contributed by atoms with E-state index in [0.29, 0.717) is 6.54 Å². The second kappa shape index (κ2) is 4.75. The van der Waals surface area contributed by atoms with Gasteiger partial charge in [-0.25, -0.2) is 0 Å². The van der Waals surface area contributed by atoms with E-state index in [-0.39, 0.29) is 5.56 Å². The Morgan fingerprint density at radius 2 is 1.82 bits per heavy atom. The van der Waals surface area contributed by atoms with Crippen molar-refractivity contribution >= 4 is 21.6 Å². The molecule has 0 saturated heterocycles. The number of rotatable bonds is 2. The van der Waals surface area contributed by atoms with Gasteiger partial charge in [-0.2, -0.15) is 0 Å². The maximum Gasteiger partial charge on any atom is 0.251 e. The molecule has 0 unspecified atom stereocenters. The van der Waals surface area contributed by atoms with Gasteiger partial charge in [0.15, 0.2) is 0 Å². The first-order valence-electron chi connectivity index (χ1n) is 5.28. The van der Waals surface area contributed by atoms with Crippen LogP contribution in [-0.2, 0) is 6.54 Å². The molecule has 88 valence electrons. The number of anilines is 1. The fourth-order valence-corrected chi connectivity index (χ4v) is 2.00. The van der Waals surface area contributed by atoms with Gasteiger partial charge in [-0.1, -0.05) is 12.1 Å². The van der Waals surface area contributed by atoms with Crippen molar-refractivity contribution in [1.29, 1.82) is 0 Å². The van der Waals surface area contributed by atoms with Gasteiger partial charge >= 0.3 is 0 Å². The summed E-state index contributed by atoms with van der Waals surface area (Å²) in [7, 11) is 0. The summed E-state index contributed by atoms with van der Waals surface area (Å²) in [5, 5.41) is 0. The van der Waals surface area contributed by atoms with Crippen LogP contribution in [0.2, 0.25) is 0 Å². The first-order chi connectivity index (χ1) is 8.08. The molecule has 0 aliphatic heterocycles. The molecule has 0 spiro atoms. The van der Waals surface area contributed by atoms with E-state index >= 15 is 0 Å². The Morgan fingerprint density at radius 3 is 2.47 bits per heavy atom. The molecule has 17 heavy (non-hydrogen) atoms. The monoisotopic (exact) mass is 292 g/mol. The van der Waals surface area contributed by atoms with Crippen molar-refractivity contribution < 1.29 is 0 Å². The molecule has 0 bridgehead atoms. The molecule has 1 heterocycles. The lowest BCUT2D eigenvalue weighted by Crippen LogP contribution is -2.22. The van der Waals surface area contributed by atoms with Crippen LogP contribution in [0.3, 0.4) is 0 Å². The zero-order valence-corrected chi connectivity index (χ0v) is 11.1. The third-order valence-electron chi connectivity index (χ3n) is 2.71. The van der Waals surface area contributed by atoms with Crippen molar-refractivity contribution in [1.82, 2.24) is 4.57 Å². The van der Waals surface area contributed by atoms with Crippen LogP contribution in [0, 0.1) is 6.92 Å². The Balaban J connectivity index is 2.39. The van der Waals surface area contributed by atoms with Gasteiger partial charge in [0, 0.05) is 21.9 Å². The number of nitrogens with zero attached hydrogens (tertiary/aromatic N) is 1. The highest BCUT2D eigenvalue weighted by Gasteiger charge is 2.04. The molecule has 1 aromatic carbocycles. The Hall–Kier alpha value is -1.55. The number of nitrogen functional groups attached to an aromatic ring is 1. The van der Waals surface area contributed by atoms with E-state index in [1.165, 1.54) is 0 Å². The van der Waals surface area contributed by atoms with Crippen LogP contribution >= 0.6 is 15.9 Å². The summed E-state index contributed by atoms with van der Waals surface area (Å²) in [6, 6.07) is 10.9. The van der Waals surface area contributed by atoms with Crippen molar-refractivity contribution in [2.45, 2.75) is 13.5 Å². The quantitative estimate of drug-likeness (QED) is 0.865. The van der Waals surface area contributed by atoms with Gasteiger partial charge in [0.1, 0.15) is 0 Å². The van der Waals surface area contributed by atoms with E-state index in [0.717, 1.165) is 21.4 Å². The Morgan fingerprint density at radius 1 is 1.18 bits per heavy atom. The molecule has 0 fully saturated rings. The van der Waals surface area contributed by atoms with Crippen molar-refractivity contribution in [2.24, 2.45) is 0 Å². The lowest BCUT2D eigenvalue weighted by molar-refractivity contribution is 0.726. The molecule has 2 rings (SSSR count). The van der Waals surface area contributed by atoms with Crippen LogP contribution in [0.5, 0.6) is 0 Å². The van der Waals surface area contributed by atoms with Gasteiger partial charge in [-0.15, -0.1) is 0 Å². The fraction of sp³-hybridized carbons (Fsp3) is 0.154. The Labute approximate surface area is 108 Å². The minimum atomic E-state index is 0.00234. The van der Waals surface area contributed by atoms with E-state index in [1.54, 1.807) is 16.7 Å². The Bertz CT molecular complexity index is 587. The lowest BCUT2D eigenvalue weighted by Gasteiger charge is -2.11. The van der Waals surface area contributed by atoms with Crippen LogP contribution in [0.1, 0.15) is 11.3 Å². The highest BCUT2D eigenvalue weighted by molar-refractivity contribution is 9.10. The average Bonchev–Trinajstić information content (AvgIpc) is 2.32. The van der Waals surface area contributed by atoms with Crippen LogP contribution in [-0.4, -0.2) is 4.57 Å². The van der Waals surface area contributed by atoms with Gasteiger partial charge in [-0.05, 0) is 46.6 Å². The highest BCUT2D eigenvalue weighted by atomic mass is 79.9. The average molecular weight is 293 g/mol. The van der Waals surface area contributed by atoms with E-state index in [2.05, 4.69) is 15.9 Å². The predicted octanol–water partition coefficient (Wildman–Crippen LogP) is 2.55. The largest absolute Gasteiger partial charge is 0.399 e. The smallest absolute Gasteiger partial charge is 0.251 e. The molecule has 0 radical (unpaired) electrons. The number of hydrogen-bond donors (Lipinski definition) is 1. The third kappa shape index (κ3) is 2.58. The second-order valence-electron chi connectivity index (χ2n) is 3.93. The molecule has 4 heteroatoms. The third-order valence-corrected chi connectivity index (χ3v) is 3.55. The summed E-state index contributed by atoms with van der Waals surface area (Å²) in [4.78, 5) is 11.8. The lowest BCUT2D eigenvalue weighted by atomic mass is 10.2. The van der Waals surface area contributed by atoms with Gasteiger partial charge in [0.2, 0.25) is 0 Å². The van der Waals surface area contributed by atoms with E-state index in [1.807, 2.05) is 31.2 Å². The zero-order chi connectivity index (χ0) is 12.4. The maximum atomic E-state index is 11.8. The fourth-order valence-electron chi connectivity index (χ4n) is 1.65.